The fraction of sp³-hybridized carbons (Fsp3) is 0.273. The van der Waals surface area contributed by atoms with E-state index < -0.39 is 0 Å². The number of hydrogen-bond acceptors (Lipinski definition) is 6. The van der Waals surface area contributed by atoms with Crippen molar-refractivity contribution in [2.75, 3.05) is 5.75 Å². The summed E-state index contributed by atoms with van der Waals surface area (Å²) < 4.78 is 12.6. The molecule has 1 aromatic carbocycles. The van der Waals surface area contributed by atoms with Crippen LogP contribution in [0, 0.1) is 0 Å². The van der Waals surface area contributed by atoms with Crippen LogP contribution in [0.2, 0.25) is 0 Å². The molecular formula is C22H24N6OS. The lowest BCUT2D eigenvalue weighted by Crippen LogP contribution is -2.05. The molecule has 4 rings (SSSR count). The minimum Gasteiger partial charge on any atom is -0.330 e. The van der Waals surface area contributed by atoms with Gasteiger partial charge in [0.15, 0.2) is 5.82 Å². The summed E-state index contributed by atoms with van der Waals surface area (Å²) in [7, 11) is 1.91. The monoisotopic (exact) mass is 420 g/mol. The molecule has 4 aromatic rings. The molecule has 8 heteroatoms. The summed E-state index contributed by atoms with van der Waals surface area (Å²) >= 11 is 0.891. The zero-order valence-corrected chi connectivity index (χ0v) is 17.8. The molecule has 0 amide bonds. The standard InChI is InChI=1S/C22H24N6OS/c1-16(5-4-8-30-29)28-15-21(13-26-28)19-10-23-22(24-11-19)18-7-3-6-17(9-18)20-12-25-27(2)14-20/h3,6-7,9-16,29H,4-5,8H2,1-2H3/t16-/m1/s1. The molecule has 0 aliphatic carbocycles. The first-order valence-electron chi connectivity index (χ1n) is 9.86. The van der Waals surface area contributed by atoms with Gasteiger partial charge in [0.2, 0.25) is 0 Å². The summed E-state index contributed by atoms with van der Waals surface area (Å²) in [5.74, 6) is 1.43. The Morgan fingerprint density at radius 1 is 0.933 bits per heavy atom. The van der Waals surface area contributed by atoms with Crippen molar-refractivity contribution < 1.29 is 4.55 Å². The number of nitrogens with zero attached hydrogens (tertiary/aromatic N) is 6. The molecule has 0 saturated carbocycles. The summed E-state index contributed by atoms with van der Waals surface area (Å²) in [6.45, 7) is 2.13. The zero-order chi connectivity index (χ0) is 20.9. The van der Waals surface area contributed by atoms with Gasteiger partial charge in [-0.1, -0.05) is 18.2 Å². The lowest BCUT2D eigenvalue weighted by molar-refractivity contribution is 0.455. The van der Waals surface area contributed by atoms with E-state index in [1.54, 1.807) is 4.68 Å². The third-order valence-electron chi connectivity index (χ3n) is 5.05. The van der Waals surface area contributed by atoms with Crippen LogP contribution in [-0.4, -0.2) is 39.8 Å². The average Bonchev–Trinajstić information content (AvgIpc) is 3.44. The second-order valence-corrected chi connectivity index (χ2v) is 7.98. The molecule has 0 aliphatic rings. The van der Waals surface area contributed by atoms with E-state index >= 15 is 0 Å². The molecule has 154 valence electrons. The van der Waals surface area contributed by atoms with Crippen LogP contribution >= 0.6 is 12.0 Å². The summed E-state index contributed by atoms with van der Waals surface area (Å²) in [5.41, 5.74) is 5.05. The second kappa shape index (κ2) is 9.23. The highest BCUT2D eigenvalue weighted by molar-refractivity contribution is 7.93. The highest BCUT2D eigenvalue weighted by atomic mass is 32.2. The number of benzene rings is 1. The molecule has 3 heterocycles. The Hall–Kier alpha value is -2.97. The van der Waals surface area contributed by atoms with Crippen LogP contribution in [0.1, 0.15) is 25.8 Å². The largest absolute Gasteiger partial charge is 0.330 e. The quantitative estimate of drug-likeness (QED) is 0.321. The fourth-order valence-corrected chi connectivity index (χ4v) is 3.63. The van der Waals surface area contributed by atoms with Gasteiger partial charge in [-0.25, -0.2) is 9.97 Å². The van der Waals surface area contributed by atoms with Gasteiger partial charge in [0.05, 0.1) is 12.4 Å². The van der Waals surface area contributed by atoms with Gasteiger partial charge in [-0.2, -0.15) is 10.2 Å². The molecule has 1 atom stereocenters. The second-order valence-electron chi connectivity index (χ2n) is 7.31. The Labute approximate surface area is 180 Å². The molecule has 0 bridgehead atoms. The Morgan fingerprint density at radius 2 is 1.67 bits per heavy atom. The van der Waals surface area contributed by atoms with Crippen molar-refractivity contribution in [1.82, 2.24) is 29.5 Å². The smallest absolute Gasteiger partial charge is 0.159 e. The minimum absolute atomic E-state index is 0.279. The van der Waals surface area contributed by atoms with E-state index in [1.807, 2.05) is 61.0 Å². The van der Waals surface area contributed by atoms with Crippen LogP contribution in [0.3, 0.4) is 0 Å². The third-order valence-corrected chi connectivity index (χ3v) is 5.53. The van der Waals surface area contributed by atoms with E-state index in [2.05, 4.69) is 39.2 Å². The van der Waals surface area contributed by atoms with Crippen molar-refractivity contribution in [1.29, 1.82) is 0 Å². The number of rotatable bonds is 8. The van der Waals surface area contributed by atoms with Crippen molar-refractivity contribution >= 4 is 12.0 Å². The Bertz CT molecular complexity index is 1100. The number of aryl methyl sites for hydroxylation is 1. The van der Waals surface area contributed by atoms with E-state index in [9.17, 15) is 0 Å². The van der Waals surface area contributed by atoms with Crippen LogP contribution in [0.15, 0.2) is 61.4 Å². The molecule has 30 heavy (non-hydrogen) atoms. The number of hydrogen-bond donors (Lipinski definition) is 1. The highest BCUT2D eigenvalue weighted by Gasteiger charge is 2.10. The Kier molecular flexibility index (Phi) is 6.25. The van der Waals surface area contributed by atoms with Gasteiger partial charge >= 0.3 is 0 Å². The van der Waals surface area contributed by atoms with Crippen LogP contribution < -0.4 is 0 Å². The summed E-state index contributed by atoms with van der Waals surface area (Å²) in [4.78, 5) is 9.16. The summed E-state index contributed by atoms with van der Waals surface area (Å²) in [6, 6.07) is 8.44. The van der Waals surface area contributed by atoms with Crippen molar-refractivity contribution in [2.45, 2.75) is 25.8 Å². The first-order chi connectivity index (χ1) is 14.6. The van der Waals surface area contributed by atoms with Crippen molar-refractivity contribution in [3.8, 4) is 33.6 Å². The number of aromatic nitrogens is 6. The molecule has 0 unspecified atom stereocenters. The molecular weight excluding hydrogens is 396 g/mol. The van der Waals surface area contributed by atoms with E-state index in [0.717, 1.165) is 58.5 Å². The maximum absolute atomic E-state index is 8.86. The molecule has 0 spiro atoms. The predicted octanol–water partition coefficient (Wildman–Crippen LogP) is 4.96. The fourth-order valence-electron chi connectivity index (χ4n) is 3.34. The predicted molar refractivity (Wildman–Crippen MR) is 120 cm³/mol. The normalized spacial score (nSPS) is 12.2. The van der Waals surface area contributed by atoms with E-state index in [1.165, 1.54) is 0 Å². The first kappa shape index (κ1) is 20.3. The molecule has 3 aromatic heterocycles. The molecule has 0 aliphatic heterocycles. The van der Waals surface area contributed by atoms with Gasteiger partial charge in [-0.15, -0.1) is 0 Å². The lowest BCUT2D eigenvalue weighted by Gasteiger charge is -2.10. The molecule has 1 N–H and O–H groups in total. The van der Waals surface area contributed by atoms with Gasteiger partial charge in [0.1, 0.15) is 0 Å². The molecule has 7 nitrogen and oxygen atoms in total. The van der Waals surface area contributed by atoms with Gasteiger partial charge in [-0.3, -0.25) is 9.36 Å². The van der Waals surface area contributed by atoms with Gasteiger partial charge in [0.25, 0.3) is 0 Å². The zero-order valence-electron chi connectivity index (χ0n) is 17.0. The molecule has 0 fully saturated rings. The van der Waals surface area contributed by atoms with Gasteiger partial charge in [0, 0.05) is 65.9 Å². The minimum atomic E-state index is 0.279. The van der Waals surface area contributed by atoms with E-state index in [0.29, 0.717) is 5.82 Å². The average molecular weight is 421 g/mol. The lowest BCUT2D eigenvalue weighted by atomic mass is 10.1. The Morgan fingerprint density at radius 3 is 2.40 bits per heavy atom. The van der Waals surface area contributed by atoms with Crippen molar-refractivity contribution in [3.63, 3.8) is 0 Å². The van der Waals surface area contributed by atoms with Crippen LogP contribution in [0.5, 0.6) is 0 Å². The summed E-state index contributed by atoms with van der Waals surface area (Å²) in [6.07, 6.45) is 13.3. The van der Waals surface area contributed by atoms with Crippen molar-refractivity contribution in [3.05, 3.63) is 61.4 Å². The highest BCUT2D eigenvalue weighted by Crippen LogP contribution is 2.26. The Balaban J connectivity index is 1.50. The molecule has 0 radical (unpaired) electrons. The van der Waals surface area contributed by atoms with E-state index in [-0.39, 0.29) is 6.04 Å². The van der Waals surface area contributed by atoms with Crippen LogP contribution in [0.25, 0.3) is 33.6 Å². The van der Waals surface area contributed by atoms with Gasteiger partial charge in [-0.05, 0) is 43.4 Å². The third kappa shape index (κ3) is 4.60. The summed E-state index contributed by atoms with van der Waals surface area (Å²) in [5, 5.41) is 8.72. The maximum atomic E-state index is 8.86. The first-order valence-corrected chi connectivity index (χ1v) is 10.8. The van der Waals surface area contributed by atoms with Crippen molar-refractivity contribution in [2.24, 2.45) is 7.05 Å². The van der Waals surface area contributed by atoms with Crippen LogP contribution in [-0.2, 0) is 7.05 Å². The topological polar surface area (TPSA) is 81.6 Å². The van der Waals surface area contributed by atoms with Gasteiger partial charge < -0.3 is 4.55 Å². The SMILES string of the molecule is C[C@H](CCCSO)n1cc(-c2cnc(-c3cccc(-c4cnn(C)c4)c3)nc2)cn1. The van der Waals surface area contributed by atoms with Crippen LogP contribution in [0.4, 0.5) is 0 Å². The molecule has 0 saturated heterocycles. The maximum Gasteiger partial charge on any atom is 0.159 e. The van der Waals surface area contributed by atoms with E-state index in [4.69, 9.17) is 4.55 Å².